The van der Waals surface area contributed by atoms with Crippen LogP contribution in [0.1, 0.15) is 11.4 Å². The number of carbonyl (C=O) groups excluding carboxylic acids is 1. The molecule has 12 heteroatoms. The summed E-state index contributed by atoms with van der Waals surface area (Å²) in [7, 11) is 0. The molecule has 0 radical (unpaired) electrons. The van der Waals surface area contributed by atoms with Crippen LogP contribution in [0.5, 0.6) is 0 Å². The van der Waals surface area contributed by atoms with E-state index in [4.69, 9.17) is 5.73 Å². The van der Waals surface area contributed by atoms with Gasteiger partial charge in [0.15, 0.2) is 23.3 Å². The SMILES string of the molecule is N[C@@H](Cc1ccc(F)c(F)c1)C(=O)N1CCn2c(nc(-c3ccc(F)cc3)c2Nc2ccc(F)c(F)c2)C1.S. The highest BCUT2D eigenvalue weighted by Crippen LogP contribution is 2.34. The van der Waals surface area contributed by atoms with Crippen LogP contribution in [0.2, 0.25) is 0 Å². The van der Waals surface area contributed by atoms with Gasteiger partial charge in [-0.2, -0.15) is 13.5 Å². The van der Waals surface area contributed by atoms with Crippen LogP contribution in [0.25, 0.3) is 11.3 Å². The number of benzene rings is 3. The van der Waals surface area contributed by atoms with E-state index in [2.05, 4.69) is 10.3 Å². The lowest BCUT2D eigenvalue weighted by atomic mass is 10.0. The van der Waals surface area contributed by atoms with Crippen LogP contribution in [0, 0.1) is 29.1 Å². The minimum absolute atomic E-state index is 0. The molecule has 0 spiro atoms. The fraction of sp³-hybridized carbons (Fsp3) is 0.185. The summed E-state index contributed by atoms with van der Waals surface area (Å²) in [5.41, 5.74) is 7.79. The lowest BCUT2D eigenvalue weighted by Crippen LogP contribution is -2.47. The number of carbonyl (C=O) groups is 1. The van der Waals surface area contributed by atoms with Gasteiger partial charge in [-0.3, -0.25) is 4.79 Å². The molecule has 4 aromatic rings. The van der Waals surface area contributed by atoms with Gasteiger partial charge in [0.2, 0.25) is 5.91 Å². The van der Waals surface area contributed by atoms with Crippen molar-refractivity contribution in [1.29, 1.82) is 0 Å². The van der Waals surface area contributed by atoms with Crippen molar-refractivity contribution in [3.8, 4) is 11.3 Å². The second-order valence-corrected chi connectivity index (χ2v) is 8.96. The summed E-state index contributed by atoms with van der Waals surface area (Å²) in [6.07, 6.45) is 0.0186. The Morgan fingerprint density at radius 1 is 0.897 bits per heavy atom. The lowest BCUT2D eigenvalue weighted by molar-refractivity contribution is -0.134. The number of nitrogens with one attached hydrogen (secondary N) is 1. The second-order valence-electron chi connectivity index (χ2n) is 8.96. The Kier molecular flexibility index (Phi) is 8.26. The predicted molar refractivity (Wildman–Crippen MR) is 141 cm³/mol. The molecular formula is C27H24F5N5OS. The van der Waals surface area contributed by atoms with E-state index in [-0.39, 0.29) is 44.6 Å². The van der Waals surface area contributed by atoms with E-state index in [1.807, 2.05) is 4.57 Å². The Morgan fingerprint density at radius 2 is 1.56 bits per heavy atom. The molecule has 0 bridgehead atoms. The Hall–Kier alpha value is -3.90. The molecule has 0 fully saturated rings. The minimum Gasteiger partial charge on any atom is -0.340 e. The zero-order chi connectivity index (χ0) is 27.0. The van der Waals surface area contributed by atoms with Crippen LogP contribution in [-0.2, 0) is 24.3 Å². The van der Waals surface area contributed by atoms with E-state index in [0.29, 0.717) is 35.0 Å². The second kappa shape index (κ2) is 11.5. The van der Waals surface area contributed by atoms with Gasteiger partial charge in [-0.05, 0) is 60.5 Å². The van der Waals surface area contributed by atoms with E-state index < -0.39 is 35.1 Å². The molecule has 1 aromatic heterocycles. The standard InChI is InChI=1S/C27H22F5N5O.H2S/c28-17-4-2-16(3-5-17)25-26(34-18-6-8-20(30)22(32)13-18)37-10-9-36(14-24(37)35-25)27(38)23(33)12-15-1-7-19(29)21(31)11-15;/h1-8,11,13,23,34H,9-10,12,14,33H2;1H2/t23-;/m0./s1. The molecule has 1 aliphatic heterocycles. The van der Waals surface area contributed by atoms with Crippen LogP contribution in [-0.4, -0.2) is 32.9 Å². The van der Waals surface area contributed by atoms with E-state index in [9.17, 15) is 26.7 Å². The Balaban J connectivity index is 0.00000353. The maximum atomic E-state index is 13.9. The first kappa shape index (κ1) is 28.1. The number of aromatic nitrogens is 2. The molecule has 1 aliphatic rings. The maximum absolute atomic E-state index is 13.9. The molecule has 5 rings (SSSR count). The first-order valence-corrected chi connectivity index (χ1v) is 11.8. The quantitative estimate of drug-likeness (QED) is 0.325. The number of amides is 1. The number of anilines is 2. The topological polar surface area (TPSA) is 76.2 Å². The van der Waals surface area contributed by atoms with Crippen molar-refractivity contribution in [2.45, 2.75) is 25.6 Å². The fourth-order valence-electron chi connectivity index (χ4n) is 4.41. The van der Waals surface area contributed by atoms with Crippen LogP contribution < -0.4 is 11.1 Å². The number of hydrogen-bond acceptors (Lipinski definition) is 4. The molecule has 0 aliphatic carbocycles. The first-order chi connectivity index (χ1) is 18.2. The van der Waals surface area contributed by atoms with E-state index >= 15 is 0 Å². The van der Waals surface area contributed by atoms with Crippen LogP contribution in [0.4, 0.5) is 33.5 Å². The van der Waals surface area contributed by atoms with Crippen molar-refractivity contribution in [3.63, 3.8) is 0 Å². The van der Waals surface area contributed by atoms with Gasteiger partial charge >= 0.3 is 0 Å². The highest BCUT2D eigenvalue weighted by Gasteiger charge is 2.29. The third kappa shape index (κ3) is 5.91. The zero-order valence-corrected chi connectivity index (χ0v) is 21.4. The van der Waals surface area contributed by atoms with E-state index in [1.54, 1.807) is 12.1 Å². The summed E-state index contributed by atoms with van der Waals surface area (Å²) in [6.45, 7) is 0.667. The summed E-state index contributed by atoms with van der Waals surface area (Å²) in [4.78, 5) is 19.3. The van der Waals surface area contributed by atoms with Gasteiger partial charge in [-0.1, -0.05) is 6.07 Å². The average molecular weight is 562 g/mol. The van der Waals surface area contributed by atoms with Crippen LogP contribution in [0.15, 0.2) is 60.7 Å². The van der Waals surface area contributed by atoms with Gasteiger partial charge in [0.25, 0.3) is 0 Å². The molecule has 3 N–H and O–H groups in total. The van der Waals surface area contributed by atoms with Crippen molar-refractivity contribution in [2.24, 2.45) is 5.73 Å². The average Bonchev–Trinajstić information content (AvgIpc) is 3.25. The number of halogens is 5. The molecule has 0 unspecified atom stereocenters. The molecule has 2 heterocycles. The van der Waals surface area contributed by atoms with Crippen molar-refractivity contribution >= 4 is 30.9 Å². The van der Waals surface area contributed by atoms with Gasteiger partial charge in [0, 0.05) is 30.4 Å². The Morgan fingerprint density at radius 3 is 2.23 bits per heavy atom. The molecule has 0 saturated carbocycles. The summed E-state index contributed by atoms with van der Waals surface area (Å²) in [5, 5.41) is 3.08. The summed E-state index contributed by atoms with van der Waals surface area (Å²) < 4.78 is 69.5. The lowest BCUT2D eigenvalue weighted by Gasteiger charge is -2.30. The van der Waals surface area contributed by atoms with Gasteiger partial charge < -0.3 is 20.5 Å². The normalized spacial score (nSPS) is 13.4. The number of imidazole rings is 1. The maximum Gasteiger partial charge on any atom is 0.240 e. The Labute approximate surface area is 227 Å². The molecule has 1 atom stereocenters. The minimum atomic E-state index is -1.02. The number of rotatable bonds is 6. The van der Waals surface area contributed by atoms with Crippen molar-refractivity contribution < 1.29 is 26.7 Å². The Bertz CT molecular complexity index is 1510. The molecule has 0 saturated heterocycles. The van der Waals surface area contributed by atoms with Gasteiger partial charge in [0.1, 0.15) is 23.2 Å². The molecule has 3 aromatic carbocycles. The molecule has 39 heavy (non-hydrogen) atoms. The highest BCUT2D eigenvalue weighted by atomic mass is 32.1. The highest BCUT2D eigenvalue weighted by molar-refractivity contribution is 7.59. The third-order valence-corrected chi connectivity index (χ3v) is 6.34. The largest absolute Gasteiger partial charge is 0.340 e. The first-order valence-electron chi connectivity index (χ1n) is 11.8. The summed E-state index contributed by atoms with van der Waals surface area (Å²) in [6, 6.07) is 11.4. The van der Waals surface area contributed by atoms with E-state index in [1.165, 1.54) is 29.2 Å². The molecule has 204 valence electrons. The fourth-order valence-corrected chi connectivity index (χ4v) is 4.41. The molecule has 1 amide bonds. The number of nitrogens with two attached hydrogens (primary N) is 1. The van der Waals surface area contributed by atoms with Gasteiger partial charge in [-0.15, -0.1) is 0 Å². The van der Waals surface area contributed by atoms with Gasteiger partial charge in [-0.25, -0.2) is 26.9 Å². The number of nitrogens with zero attached hydrogens (tertiary/aromatic N) is 3. The number of fused-ring (bicyclic) bond motifs is 1. The monoisotopic (exact) mass is 561 g/mol. The van der Waals surface area contributed by atoms with E-state index in [0.717, 1.165) is 24.3 Å². The predicted octanol–water partition coefficient (Wildman–Crippen LogP) is 5.01. The molecule has 6 nitrogen and oxygen atoms in total. The van der Waals surface area contributed by atoms with Gasteiger partial charge in [0.05, 0.1) is 12.6 Å². The van der Waals surface area contributed by atoms with Crippen molar-refractivity contribution in [3.05, 3.63) is 101 Å². The van der Waals surface area contributed by atoms with Crippen LogP contribution in [0.3, 0.4) is 0 Å². The summed E-state index contributed by atoms with van der Waals surface area (Å²) in [5.74, 6) is -3.87. The third-order valence-electron chi connectivity index (χ3n) is 6.34. The smallest absolute Gasteiger partial charge is 0.240 e. The number of hydrogen-bond donors (Lipinski definition) is 2. The van der Waals surface area contributed by atoms with Crippen molar-refractivity contribution in [1.82, 2.24) is 14.5 Å². The van der Waals surface area contributed by atoms with Crippen molar-refractivity contribution in [2.75, 3.05) is 11.9 Å². The zero-order valence-electron chi connectivity index (χ0n) is 20.4. The molecular weight excluding hydrogens is 537 g/mol. The summed E-state index contributed by atoms with van der Waals surface area (Å²) >= 11 is 0. The van der Waals surface area contributed by atoms with Crippen LogP contribution >= 0.6 is 13.5 Å².